The number of halogens is 1. The highest BCUT2D eigenvalue weighted by Crippen LogP contribution is 2.43. The summed E-state index contributed by atoms with van der Waals surface area (Å²) in [4.78, 5) is 20.2. The van der Waals surface area contributed by atoms with Gasteiger partial charge in [-0.1, -0.05) is 11.8 Å². The Morgan fingerprint density at radius 2 is 2.33 bits per heavy atom. The fraction of sp³-hybridized carbons (Fsp3) is 0.143. The van der Waals surface area contributed by atoms with Crippen molar-refractivity contribution < 1.29 is 9.53 Å². The summed E-state index contributed by atoms with van der Waals surface area (Å²) >= 11 is 1.30. The number of fused-ring (bicyclic) bond motifs is 1. The van der Waals surface area contributed by atoms with E-state index in [9.17, 15) is 4.79 Å². The van der Waals surface area contributed by atoms with Gasteiger partial charge in [0, 0.05) is 0 Å². The number of rotatable bonds is 1. The number of nitrogens with zero attached hydrogens (tertiary/aromatic N) is 3. The first-order valence-corrected chi connectivity index (χ1v) is 4.59. The minimum absolute atomic E-state index is 0. The van der Waals surface area contributed by atoms with E-state index in [2.05, 4.69) is 9.97 Å². The highest BCUT2D eigenvalue weighted by molar-refractivity contribution is 8.01. The summed E-state index contributed by atoms with van der Waals surface area (Å²) in [5.74, 6) is 1.92. The molecule has 1 aliphatic heterocycles. The van der Waals surface area contributed by atoms with Crippen LogP contribution in [0.15, 0.2) is 11.4 Å². The van der Waals surface area contributed by atoms with Crippen LogP contribution in [0.2, 0.25) is 0 Å². The highest BCUT2D eigenvalue weighted by Gasteiger charge is 2.29. The Labute approximate surface area is 96.6 Å². The van der Waals surface area contributed by atoms with E-state index in [1.54, 1.807) is 5.88 Å². The molecule has 0 unspecified atom stereocenters. The quantitative estimate of drug-likeness (QED) is 0.750. The number of thioether (sulfide) groups is 1. The van der Waals surface area contributed by atoms with E-state index in [0.717, 1.165) is 0 Å². The smallest absolute Gasteiger partial charge is 0.320 e. The van der Waals surface area contributed by atoms with Gasteiger partial charge in [-0.05, 0) is 0 Å². The average molecular weight is 248 g/mol. The summed E-state index contributed by atoms with van der Waals surface area (Å²) < 4.78 is 5.00. The number of methoxy groups -OCH3 is 1. The van der Waals surface area contributed by atoms with E-state index in [1.807, 2.05) is 0 Å². The molecule has 1 aromatic heterocycles. The Morgan fingerprint density at radius 3 is 2.93 bits per heavy atom. The molecule has 2 amide bonds. The largest absolute Gasteiger partial charge is 0.479 e. The van der Waals surface area contributed by atoms with Crippen molar-refractivity contribution in [3.63, 3.8) is 0 Å². The molecule has 1 aromatic rings. The lowest BCUT2D eigenvalue weighted by atomic mass is 10.4. The monoisotopic (exact) mass is 247 g/mol. The first kappa shape index (κ1) is 11.9. The molecule has 0 aliphatic carbocycles. The van der Waals surface area contributed by atoms with E-state index in [1.165, 1.54) is 30.1 Å². The number of primary amides is 1. The van der Waals surface area contributed by atoms with Gasteiger partial charge in [-0.2, -0.15) is 4.98 Å². The molecule has 0 saturated heterocycles. The van der Waals surface area contributed by atoms with Crippen molar-refractivity contribution >= 4 is 35.9 Å². The van der Waals surface area contributed by atoms with Gasteiger partial charge in [-0.3, -0.25) is 4.90 Å². The van der Waals surface area contributed by atoms with Crippen LogP contribution < -0.4 is 15.4 Å². The van der Waals surface area contributed by atoms with Crippen molar-refractivity contribution in [2.24, 2.45) is 5.73 Å². The van der Waals surface area contributed by atoms with Crippen LogP contribution in [0.1, 0.15) is 0 Å². The van der Waals surface area contributed by atoms with Crippen LogP contribution in [0.4, 0.5) is 10.5 Å². The zero-order chi connectivity index (χ0) is 10.1. The number of hydrogen-bond donors (Lipinski definition) is 1. The third kappa shape index (κ3) is 1.93. The van der Waals surface area contributed by atoms with Crippen LogP contribution in [0, 0.1) is 5.88 Å². The summed E-state index contributed by atoms with van der Waals surface area (Å²) in [6, 6.07) is -0.579. The maximum Gasteiger partial charge on any atom is 0.320 e. The lowest BCUT2D eigenvalue weighted by Gasteiger charge is -2.13. The number of urea groups is 1. The molecule has 0 saturated carbocycles. The molecular formula is C7H8ClN4O2S. The zero-order valence-electron chi connectivity index (χ0n) is 7.71. The molecule has 0 atom stereocenters. The van der Waals surface area contributed by atoms with Gasteiger partial charge in [0.2, 0.25) is 5.88 Å². The number of carbonyl (C=O) groups excluding carboxylic acids is 1. The van der Waals surface area contributed by atoms with Gasteiger partial charge in [0.25, 0.3) is 0 Å². The molecule has 1 radical (unpaired) electrons. The third-order valence-electron chi connectivity index (χ3n) is 1.70. The highest BCUT2D eigenvalue weighted by atomic mass is 35.5. The molecule has 15 heavy (non-hydrogen) atoms. The maximum atomic E-state index is 11.0. The number of carbonyl (C=O) groups is 1. The minimum atomic E-state index is -0.579. The molecule has 2 N–H and O–H groups in total. The predicted molar refractivity (Wildman–Crippen MR) is 58.1 cm³/mol. The van der Waals surface area contributed by atoms with Gasteiger partial charge >= 0.3 is 6.03 Å². The molecule has 1 aliphatic rings. The number of hydrogen-bond acceptors (Lipinski definition) is 5. The van der Waals surface area contributed by atoms with Crippen LogP contribution >= 0.6 is 24.2 Å². The minimum Gasteiger partial charge on any atom is -0.479 e. The van der Waals surface area contributed by atoms with E-state index in [0.29, 0.717) is 16.6 Å². The molecule has 2 rings (SSSR count). The van der Waals surface area contributed by atoms with Crippen molar-refractivity contribution in [3.8, 4) is 5.88 Å². The Hall–Kier alpha value is -1.21. The summed E-state index contributed by atoms with van der Waals surface area (Å²) in [6.07, 6.45) is 1.38. The van der Waals surface area contributed by atoms with Crippen LogP contribution in [0.3, 0.4) is 0 Å². The molecule has 8 heteroatoms. The molecule has 2 heterocycles. The topological polar surface area (TPSA) is 81.3 Å². The number of anilines is 1. The summed E-state index contributed by atoms with van der Waals surface area (Å²) in [5.41, 5.74) is 5.67. The van der Waals surface area contributed by atoms with Crippen LogP contribution in [0.5, 0.6) is 5.88 Å². The normalized spacial score (nSPS) is 13.0. The predicted octanol–water partition coefficient (Wildman–Crippen LogP) is 1.02. The van der Waals surface area contributed by atoms with Crippen LogP contribution in [0.25, 0.3) is 0 Å². The van der Waals surface area contributed by atoms with Crippen molar-refractivity contribution in [1.29, 1.82) is 0 Å². The van der Waals surface area contributed by atoms with Crippen molar-refractivity contribution in [1.82, 2.24) is 9.97 Å². The summed E-state index contributed by atoms with van der Waals surface area (Å²) in [5, 5.41) is 0.663. The Kier molecular flexibility index (Phi) is 3.59. The van der Waals surface area contributed by atoms with Crippen LogP contribution in [-0.4, -0.2) is 23.1 Å². The molecule has 0 spiro atoms. The van der Waals surface area contributed by atoms with Gasteiger partial charge in [0.1, 0.15) is 22.9 Å². The fourth-order valence-corrected chi connectivity index (χ4v) is 1.93. The SMILES string of the molecule is COc1ncnc2c1N(C(N)=O)[CH]S2.Cl. The Balaban J connectivity index is 0.00000112. The average Bonchev–Trinajstić information content (AvgIpc) is 2.60. The van der Waals surface area contributed by atoms with Gasteiger partial charge in [0.15, 0.2) is 0 Å². The third-order valence-corrected chi connectivity index (χ3v) is 2.53. The summed E-state index contributed by atoms with van der Waals surface area (Å²) in [7, 11) is 1.48. The van der Waals surface area contributed by atoms with Gasteiger partial charge in [-0.25, -0.2) is 9.78 Å². The second-order valence-electron chi connectivity index (χ2n) is 2.47. The summed E-state index contributed by atoms with van der Waals surface area (Å²) in [6.45, 7) is 0. The first-order chi connectivity index (χ1) is 6.74. The van der Waals surface area contributed by atoms with Gasteiger partial charge < -0.3 is 10.5 Å². The molecule has 81 valence electrons. The van der Waals surface area contributed by atoms with E-state index >= 15 is 0 Å². The van der Waals surface area contributed by atoms with E-state index in [4.69, 9.17) is 10.5 Å². The van der Waals surface area contributed by atoms with Crippen LogP contribution in [-0.2, 0) is 0 Å². The fourth-order valence-electron chi connectivity index (χ4n) is 1.11. The van der Waals surface area contributed by atoms with Crippen molar-refractivity contribution in [3.05, 3.63) is 12.2 Å². The standard InChI is InChI=1S/C7H7N4O2S.ClH/c1-13-5-4-6(10-2-9-5)14-3-11(4)7(8)12;/h2-3H,1H3,(H2,8,12);1H. The molecule has 0 aromatic carbocycles. The van der Waals surface area contributed by atoms with E-state index in [-0.39, 0.29) is 12.4 Å². The first-order valence-electron chi connectivity index (χ1n) is 3.71. The van der Waals surface area contributed by atoms with Crippen molar-refractivity contribution in [2.75, 3.05) is 12.0 Å². The maximum absolute atomic E-state index is 11.0. The lowest BCUT2D eigenvalue weighted by molar-refractivity contribution is 0.255. The lowest BCUT2D eigenvalue weighted by Crippen LogP contribution is -2.31. The van der Waals surface area contributed by atoms with Crippen molar-refractivity contribution in [2.45, 2.75) is 5.03 Å². The number of ether oxygens (including phenoxy) is 1. The van der Waals surface area contributed by atoms with E-state index < -0.39 is 6.03 Å². The number of nitrogens with two attached hydrogens (primary N) is 1. The molecular weight excluding hydrogens is 240 g/mol. The zero-order valence-corrected chi connectivity index (χ0v) is 9.34. The Morgan fingerprint density at radius 1 is 1.60 bits per heavy atom. The second-order valence-corrected chi connectivity index (χ2v) is 3.30. The molecule has 6 nitrogen and oxygen atoms in total. The Bertz CT molecular complexity index is 389. The van der Waals surface area contributed by atoms with Gasteiger partial charge in [0.05, 0.1) is 7.11 Å². The molecule has 0 fully saturated rings. The second kappa shape index (κ2) is 4.54. The number of amides is 2. The van der Waals surface area contributed by atoms with Gasteiger partial charge in [-0.15, -0.1) is 12.4 Å². The molecule has 0 bridgehead atoms. The number of aromatic nitrogens is 2.